The Morgan fingerprint density at radius 1 is 0.367 bits per heavy atom. The van der Waals surface area contributed by atoms with Gasteiger partial charge in [0, 0.05) is 26.2 Å². The summed E-state index contributed by atoms with van der Waals surface area (Å²) in [6.07, 6.45) is -21.4. The second-order valence-corrected chi connectivity index (χ2v) is 13.6. The molecule has 0 spiro atoms. The Labute approximate surface area is 339 Å². The quantitative estimate of drug-likeness (QED) is 0.0461. The summed E-state index contributed by atoms with van der Waals surface area (Å²) in [5, 5.41) is 11.3. The van der Waals surface area contributed by atoms with Crippen molar-refractivity contribution in [3.8, 4) is 0 Å². The number of nitrogens with one attached hydrogen (secondary N) is 4. The van der Waals surface area contributed by atoms with E-state index in [-0.39, 0.29) is 45.5 Å². The lowest BCUT2D eigenvalue weighted by Crippen LogP contribution is -2.54. The highest BCUT2D eigenvalue weighted by atomic mass is 19.4. The molecule has 0 radical (unpaired) electrons. The van der Waals surface area contributed by atoms with E-state index in [1.54, 1.807) is 13.8 Å². The Morgan fingerprint density at radius 2 is 0.583 bits per heavy atom. The molecule has 0 atom stereocenters. The fraction of sp³-hybridized carbons (Fsp3) is 0.400. The molecule has 20 heteroatoms. The molecular weight excluding hydrogens is 820 g/mol. The number of anilines is 8. The molecule has 8 nitrogen and oxygen atoms in total. The molecule has 0 amide bonds. The van der Waals surface area contributed by atoms with E-state index >= 15 is 0 Å². The average molecular weight is 869 g/mol. The van der Waals surface area contributed by atoms with Crippen molar-refractivity contribution in [1.82, 2.24) is 0 Å². The van der Waals surface area contributed by atoms with E-state index in [2.05, 4.69) is 21.3 Å². The van der Waals surface area contributed by atoms with Crippen LogP contribution in [0.4, 0.5) is 98.2 Å². The third kappa shape index (κ3) is 9.57. The van der Waals surface area contributed by atoms with Crippen molar-refractivity contribution in [3.63, 3.8) is 0 Å². The first-order chi connectivity index (χ1) is 27.8. The molecule has 332 valence electrons. The molecule has 0 aliphatic carbocycles. The molecule has 0 heterocycles. The Hall–Kier alpha value is -5.56. The third-order valence-electron chi connectivity index (χ3n) is 9.50. The third-order valence-corrected chi connectivity index (χ3v) is 9.50. The second-order valence-electron chi connectivity index (χ2n) is 13.6. The van der Waals surface area contributed by atoms with Crippen LogP contribution < -0.4 is 44.2 Å². The van der Waals surface area contributed by atoms with Gasteiger partial charge < -0.3 is 44.2 Å². The van der Waals surface area contributed by atoms with Gasteiger partial charge in [0.25, 0.3) is 0 Å². The zero-order valence-corrected chi connectivity index (χ0v) is 33.0. The summed E-state index contributed by atoms with van der Waals surface area (Å²) in [4.78, 5) is 0. The maximum Gasteiger partial charge on any atom is 0.411 e. The van der Waals surface area contributed by atoms with Crippen LogP contribution in [0.15, 0.2) is 72.8 Å². The molecule has 0 aliphatic heterocycles. The highest BCUT2D eigenvalue weighted by Crippen LogP contribution is 2.58. The zero-order chi connectivity index (χ0) is 45.5. The maximum atomic E-state index is 14.3. The van der Waals surface area contributed by atoms with E-state index in [4.69, 9.17) is 22.9 Å². The van der Waals surface area contributed by atoms with Gasteiger partial charge in [0.15, 0.2) is 0 Å². The fourth-order valence-corrected chi connectivity index (χ4v) is 6.69. The lowest BCUT2D eigenvalue weighted by Gasteiger charge is -2.38. The van der Waals surface area contributed by atoms with Crippen molar-refractivity contribution in [2.45, 2.75) is 76.1 Å². The molecule has 0 saturated carbocycles. The highest BCUT2D eigenvalue weighted by Gasteiger charge is 2.73. The maximum absolute atomic E-state index is 14.3. The number of hydrogen-bond acceptors (Lipinski definition) is 8. The first kappa shape index (κ1) is 48.8. The first-order valence-electron chi connectivity index (χ1n) is 18.6. The Bertz CT molecular complexity index is 1900. The van der Waals surface area contributed by atoms with E-state index in [0.717, 1.165) is 60.7 Å². The van der Waals surface area contributed by atoms with Crippen LogP contribution in [0.2, 0.25) is 0 Å². The predicted octanol–water partition coefficient (Wildman–Crippen LogP) is 11.0. The van der Waals surface area contributed by atoms with Crippen LogP contribution in [0.3, 0.4) is 0 Å². The second kappa shape index (κ2) is 18.8. The Kier molecular flexibility index (Phi) is 15.3. The number of halogens is 12. The van der Waals surface area contributed by atoms with Gasteiger partial charge in [0.2, 0.25) is 10.8 Å². The van der Waals surface area contributed by atoms with Crippen LogP contribution in [0.25, 0.3) is 0 Å². The van der Waals surface area contributed by atoms with Gasteiger partial charge in [-0.05, 0) is 97.5 Å². The van der Waals surface area contributed by atoms with E-state index in [0.29, 0.717) is 51.2 Å². The number of nitrogens with two attached hydrogens (primary N) is 4. The molecule has 0 unspecified atom stereocenters. The number of alkyl halides is 12. The summed E-state index contributed by atoms with van der Waals surface area (Å²) in [7, 11) is 0. The highest BCUT2D eigenvalue weighted by molar-refractivity contribution is 5.73. The van der Waals surface area contributed by atoms with Crippen molar-refractivity contribution < 1.29 is 52.7 Å². The summed E-state index contributed by atoms with van der Waals surface area (Å²) >= 11 is 0. The topological polar surface area (TPSA) is 152 Å². The van der Waals surface area contributed by atoms with Gasteiger partial charge in [-0.2, -0.15) is 52.7 Å². The number of rotatable bonds is 14. The summed E-state index contributed by atoms with van der Waals surface area (Å²) in [5.41, 5.74) is 10.5. The van der Waals surface area contributed by atoms with Crippen LogP contribution in [0, 0.1) is 0 Å². The van der Waals surface area contributed by atoms with Gasteiger partial charge in [-0.25, -0.2) is 0 Å². The van der Waals surface area contributed by atoms with Crippen LogP contribution in [-0.2, 0) is 10.8 Å². The predicted molar refractivity (Wildman–Crippen MR) is 215 cm³/mol. The first-order valence-corrected chi connectivity index (χ1v) is 18.6. The van der Waals surface area contributed by atoms with Crippen molar-refractivity contribution in [2.75, 3.05) is 70.4 Å². The summed E-state index contributed by atoms with van der Waals surface area (Å²) in [6, 6.07) is 10.5. The molecule has 60 heavy (non-hydrogen) atoms. The minimum Gasteiger partial charge on any atom is -0.397 e. The summed E-state index contributed by atoms with van der Waals surface area (Å²) < 4.78 is 171. The lowest BCUT2D eigenvalue weighted by molar-refractivity contribution is -0.290. The molecule has 0 fully saturated rings. The average Bonchev–Trinajstić information content (AvgIpc) is 3.12. The standard InChI is InChI=1S/C21H26F6N4.C19H22F6N4/c1-3-9-30-17-7-5-13(11-15(17)28)19(20(22,23)24,21(25,26)27)14-6-8-18(16(29)12-14)31-10-4-2;1-3-28-15-7-5-11(9-13(15)26)17(18(20,21)22,19(23,24)25)12-6-8-16(29-4-2)14(27)10-12/h5-8,11-12,30-31H,3-4,9-10,28-29H2,1-2H3;5-10,28-29H,3-4,26-27H2,1-2H3. The minimum atomic E-state index is -5.71. The molecule has 0 aliphatic rings. The lowest BCUT2D eigenvalue weighted by atomic mass is 9.72. The Balaban J connectivity index is 0.000000321. The molecular formula is C40H48F12N8. The van der Waals surface area contributed by atoms with E-state index in [1.807, 2.05) is 13.8 Å². The monoisotopic (exact) mass is 868 g/mol. The van der Waals surface area contributed by atoms with Crippen LogP contribution >= 0.6 is 0 Å². The SMILES string of the molecule is CCCNc1ccc(C(c2ccc(NCCC)c(N)c2)(C(F)(F)F)C(F)(F)F)cc1N.CCNc1ccc(C(c2ccc(NCC)c(N)c2)(C(F)(F)F)C(F)(F)F)cc1N. The molecule has 4 aromatic rings. The normalized spacial score (nSPS) is 12.7. The Morgan fingerprint density at radius 3 is 0.750 bits per heavy atom. The van der Waals surface area contributed by atoms with Gasteiger partial charge in [-0.15, -0.1) is 0 Å². The number of benzene rings is 4. The largest absolute Gasteiger partial charge is 0.411 e. The van der Waals surface area contributed by atoms with Gasteiger partial charge in [-0.3, -0.25) is 0 Å². The number of nitrogen functional groups attached to an aromatic ring is 4. The van der Waals surface area contributed by atoms with Gasteiger partial charge in [0.1, 0.15) is 0 Å². The fourth-order valence-electron chi connectivity index (χ4n) is 6.69. The molecule has 12 N–H and O–H groups in total. The zero-order valence-electron chi connectivity index (χ0n) is 33.0. The molecule has 4 rings (SSSR count). The van der Waals surface area contributed by atoms with Crippen molar-refractivity contribution in [3.05, 3.63) is 95.1 Å². The van der Waals surface area contributed by atoms with Crippen molar-refractivity contribution in [1.29, 1.82) is 0 Å². The van der Waals surface area contributed by atoms with Crippen molar-refractivity contribution >= 4 is 45.5 Å². The van der Waals surface area contributed by atoms with Crippen LogP contribution in [-0.4, -0.2) is 50.9 Å². The van der Waals surface area contributed by atoms with Gasteiger partial charge in [-0.1, -0.05) is 38.1 Å². The van der Waals surface area contributed by atoms with Crippen molar-refractivity contribution in [2.24, 2.45) is 0 Å². The van der Waals surface area contributed by atoms with Crippen LogP contribution in [0.5, 0.6) is 0 Å². The molecule has 0 bridgehead atoms. The van der Waals surface area contributed by atoms with E-state index in [1.165, 1.54) is 0 Å². The molecule has 4 aromatic carbocycles. The minimum absolute atomic E-state index is 0.210. The molecule has 0 aromatic heterocycles. The summed E-state index contributed by atoms with van der Waals surface area (Å²) in [6.45, 7) is 8.89. The number of hydrogen-bond donors (Lipinski definition) is 8. The van der Waals surface area contributed by atoms with Gasteiger partial charge >= 0.3 is 24.7 Å². The smallest absolute Gasteiger partial charge is 0.397 e. The van der Waals surface area contributed by atoms with E-state index in [9.17, 15) is 52.7 Å². The van der Waals surface area contributed by atoms with Crippen LogP contribution in [0.1, 0.15) is 62.8 Å². The summed E-state index contributed by atoms with van der Waals surface area (Å²) in [5.74, 6) is 0. The molecule has 0 saturated heterocycles. The van der Waals surface area contributed by atoms with Gasteiger partial charge in [0.05, 0.1) is 45.5 Å². The van der Waals surface area contributed by atoms with E-state index < -0.39 is 57.8 Å².